The maximum atomic E-state index is 6.25. The molecule has 1 saturated heterocycles. The van der Waals surface area contributed by atoms with Gasteiger partial charge in [0.15, 0.2) is 0 Å². The van der Waals surface area contributed by atoms with Crippen LogP contribution >= 0.6 is 11.3 Å². The zero-order valence-electron chi connectivity index (χ0n) is 12.5. The van der Waals surface area contributed by atoms with E-state index in [2.05, 4.69) is 60.5 Å². The smallest absolute Gasteiger partial charge is 0.0933 e. The number of hydroxylamine groups is 1. The van der Waals surface area contributed by atoms with Gasteiger partial charge in [-0.15, -0.1) is 11.3 Å². The highest BCUT2D eigenvalue weighted by Crippen LogP contribution is 2.48. The second-order valence-corrected chi connectivity index (χ2v) is 7.57. The van der Waals surface area contributed by atoms with Crippen molar-refractivity contribution in [2.75, 3.05) is 5.06 Å². The fourth-order valence-corrected chi connectivity index (χ4v) is 4.76. The first-order valence-corrected chi connectivity index (χ1v) is 8.64. The number of hydrogen-bond donors (Lipinski definition) is 0. The Morgan fingerprint density at radius 3 is 2.86 bits per heavy atom. The van der Waals surface area contributed by atoms with Crippen LogP contribution in [0.25, 0.3) is 10.8 Å². The molecule has 0 saturated carbocycles. The third-order valence-electron chi connectivity index (χ3n) is 4.77. The molecule has 1 fully saturated rings. The summed E-state index contributed by atoms with van der Waals surface area (Å²) in [4.78, 5) is 9.04. The Hall–Kier alpha value is -1.84. The van der Waals surface area contributed by atoms with Crippen LogP contribution in [-0.2, 0) is 11.3 Å². The van der Waals surface area contributed by atoms with Crippen molar-refractivity contribution >= 4 is 27.8 Å². The number of fused-ring (bicyclic) bond motifs is 6. The standard InChI is InChI=1S/C19H17NOS/c1-12-6-9-18(22-12)17-11-15-10-14-8-7-13-4-2-3-5-16(13)19(14)20(17)21-15/h2-9,15,17H,10-11H2,1H3/t15-,17+/m0/s1. The lowest BCUT2D eigenvalue weighted by Gasteiger charge is -2.31. The van der Waals surface area contributed by atoms with E-state index < -0.39 is 0 Å². The van der Waals surface area contributed by atoms with Crippen LogP contribution in [0.3, 0.4) is 0 Å². The van der Waals surface area contributed by atoms with Gasteiger partial charge in [-0.2, -0.15) is 0 Å². The normalized spacial score (nSPS) is 23.0. The van der Waals surface area contributed by atoms with E-state index in [1.807, 2.05) is 11.3 Å². The van der Waals surface area contributed by atoms with E-state index in [0.717, 1.165) is 12.8 Å². The number of thiophene rings is 1. The van der Waals surface area contributed by atoms with Crippen molar-refractivity contribution in [1.29, 1.82) is 0 Å². The number of rotatable bonds is 1. The van der Waals surface area contributed by atoms with Gasteiger partial charge in [-0.1, -0.05) is 36.4 Å². The Morgan fingerprint density at radius 2 is 2.00 bits per heavy atom. The Bertz CT molecular complexity index is 869. The fourth-order valence-electron chi connectivity index (χ4n) is 3.79. The van der Waals surface area contributed by atoms with Crippen molar-refractivity contribution < 1.29 is 4.84 Å². The largest absolute Gasteiger partial charge is 0.269 e. The summed E-state index contributed by atoms with van der Waals surface area (Å²) < 4.78 is 0. The summed E-state index contributed by atoms with van der Waals surface area (Å²) >= 11 is 1.89. The van der Waals surface area contributed by atoms with Gasteiger partial charge in [0.1, 0.15) is 0 Å². The Kier molecular flexibility index (Phi) is 2.64. The van der Waals surface area contributed by atoms with Gasteiger partial charge < -0.3 is 0 Å². The molecule has 2 aromatic carbocycles. The van der Waals surface area contributed by atoms with Crippen LogP contribution in [0, 0.1) is 6.92 Å². The quantitative estimate of drug-likeness (QED) is 0.626. The second kappa shape index (κ2) is 4.58. The van der Waals surface area contributed by atoms with E-state index >= 15 is 0 Å². The van der Waals surface area contributed by atoms with Crippen molar-refractivity contribution in [3.05, 3.63) is 63.8 Å². The molecule has 0 aliphatic carbocycles. The molecule has 2 nitrogen and oxygen atoms in total. The minimum atomic E-state index is 0.320. The fraction of sp³-hybridized carbons (Fsp3) is 0.263. The molecule has 3 aromatic rings. The van der Waals surface area contributed by atoms with E-state index in [1.165, 1.54) is 31.8 Å². The van der Waals surface area contributed by atoms with Gasteiger partial charge in [0.05, 0.1) is 17.8 Å². The van der Waals surface area contributed by atoms with Crippen LogP contribution in [0.2, 0.25) is 0 Å². The molecule has 5 rings (SSSR count). The molecule has 3 heterocycles. The van der Waals surface area contributed by atoms with Crippen molar-refractivity contribution in [2.45, 2.75) is 31.9 Å². The summed E-state index contributed by atoms with van der Waals surface area (Å²) in [6, 6.07) is 18.0. The average Bonchev–Trinajstić information content (AvgIpc) is 3.11. The maximum Gasteiger partial charge on any atom is 0.0933 e. The van der Waals surface area contributed by atoms with Crippen LogP contribution in [-0.4, -0.2) is 6.10 Å². The monoisotopic (exact) mass is 307 g/mol. The number of nitrogens with zero attached hydrogens (tertiary/aromatic N) is 1. The number of hydrogen-bond acceptors (Lipinski definition) is 3. The molecule has 2 aliphatic heterocycles. The van der Waals surface area contributed by atoms with Gasteiger partial charge in [0, 0.05) is 28.0 Å². The lowest BCUT2D eigenvalue weighted by atomic mass is 9.99. The molecule has 0 radical (unpaired) electrons. The van der Waals surface area contributed by atoms with Crippen molar-refractivity contribution in [1.82, 2.24) is 0 Å². The van der Waals surface area contributed by atoms with E-state index in [4.69, 9.17) is 4.84 Å². The third kappa shape index (κ3) is 1.76. The summed E-state index contributed by atoms with van der Waals surface area (Å²) in [7, 11) is 0. The second-order valence-electron chi connectivity index (χ2n) is 6.25. The van der Waals surface area contributed by atoms with Crippen LogP contribution < -0.4 is 5.06 Å². The van der Waals surface area contributed by atoms with Crippen molar-refractivity contribution in [3.8, 4) is 0 Å². The predicted molar refractivity (Wildman–Crippen MR) is 91.4 cm³/mol. The average molecular weight is 307 g/mol. The molecule has 0 unspecified atom stereocenters. The van der Waals surface area contributed by atoms with Crippen LogP contribution in [0.5, 0.6) is 0 Å². The molecule has 1 aromatic heterocycles. The maximum absolute atomic E-state index is 6.25. The Balaban J connectivity index is 1.70. The summed E-state index contributed by atoms with van der Waals surface area (Å²) in [6.45, 7) is 2.18. The Morgan fingerprint density at radius 1 is 1.09 bits per heavy atom. The van der Waals surface area contributed by atoms with Gasteiger partial charge in [-0.3, -0.25) is 4.84 Å². The first-order chi connectivity index (χ1) is 10.8. The Labute approximate surface area is 133 Å². The van der Waals surface area contributed by atoms with Gasteiger partial charge in [-0.05, 0) is 30.0 Å². The molecular weight excluding hydrogens is 290 g/mol. The van der Waals surface area contributed by atoms with Crippen molar-refractivity contribution in [3.63, 3.8) is 0 Å². The molecular formula is C19H17NOS. The number of anilines is 1. The van der Waals surface area contributed by atoms with Gasteiger partial charge in [0.2, 0.25) is 0 Å². The van der Waals surface area contributed by atoms with Gasteiger partial charge >= 0.3 is 0 Å². The molecule has 0 spiro atoms. The number of benzene rings is 2. The highest BCUT2D eigenvalue weighted by molar-refractivity contribution is 7.12. The van der Waals surface area contributed by atoms with Gasteiger partial charge in [0.25, 0.3) is 0 Å². The molecule has 2 bridgehead atoms. The molecule has 0 amide bonds. The lowest BCUT2D eigenvalue weighted by molar-refractivity contribution is 0.0742. The molecule has 22 heavy (non-hydrogen) atoms. The summed E-state index contributed by atoms with van der Waals surface area (Å²) in [5.41, 5.74) is 2.70. The molecule has 2 aliphatic rings. The van der Waals surface area contributed by atoms with Crippen LogP contribution in [0.4, 0.5) is 5.69 Å². The zero-order chi connectivity index (χ0) is 14.7. The molecule has 3 heteroatoms. The van der Waals surface area contributed by atoms with E-state index in [9.17, 15) is 0 Å². The summed E-state index contributed by atoms with van der Waals surface area (Å²) in [5, 5.41) is 4.78. The topological polar surface area (TPSA) is 12.5 Å². The molecule has 110 valence electrons. The van der Waals surface area contributed by atoms with Crippen LogP contribution in [0.15, 0.2) is 48.5 Å². The summed E-state index contributed by atoms with van der Waals surface area (Å²) in [6.07, 6.45) is 2.43. The molecule has 0 N–H and O–H groups in total. The predicted octanol–water partition coefficient (Wildman–Crippen LogP) is 5.02. The number of aryl methyl sites for hydroxylation is 1. The highest BCUT2D eigenvalue weighted by Gasteiger charge is 2.41. The van der Waals surface area contributed by atoms with E-state index in [-0.39, 0.29) is 0 Å². The minimum absolute atomic E-state index is 0.320. The van der Waals surface area contributed by atoms with Crippen LogP contribution in [0.1, 0.15) is 27.8 Å². The van der Waals surface area contributed by atoms with Crippen molar-refractivity contribution in [2.24, 2.45) is 0 Å². The van der Waals surface area contributed by atoms with E-state index in [0.29, 0.717) is 12.1 Å². The van der Waals surface area contributed by atoms with E-state index in [1.54, 1.807) is 0 Å². The minimum Gasteiger partial charge on any atom is -0.269 e. The molecule has 2 atom stereocenters. The highest BCUT2D eigenvalue weighted by atomic mass is 32.1. The summed E-state index contributed by atoms with van der Waals surface area (Å²) in [5.74, 6) is 0. The first-order valence-electron chi connectivity index (χ1n) is 7.82. The lowest BCUT2D eigenvalue weighted by Crippen LogP contribution is -2.27. The first kappa shape index (κ1) is 12.7. The third-order valence-corrected chi connectivity index (χ3v) is 5.88. The zero-order valence-corrected chi connectivity index (χ0v) is 13.3. The SMILES string of the molecule is Cc1ccc([C@H]2C[C@@H]3Cc4ccc5ccccc5c4N2O3)s1. The van der Waals surface area contributed by atoms with Gasteiger partial charge in [-0.25, -0.2) is 5.06 Å².